The van der Waals surface area contributed by atoms with Gasteiger partial charge in [0.15, 0.2) is 0 Å². The Morgan fingerprint density at radius 2 is 2.00 bits per heavy atom. The first-order valence-corrected chi connectivity index (χ1v) is 4.86. The van der Waals surface area contributed by atoms with Gasteiger partial charge < -0.3 is 10.8 Å². The Morgan fingerprint density at radius 3 is 2.23 bits per heavy atom. The maximum atomic E-state index is 10.8. The van der Waals surface area contributed by atoms with E-state index in [1.54, 1.807) is 0 Å². The third-order valence-electron chi connectivity index (χ3n) is 1.69. The Labute approximate surface area is 92.9 Å². The molecule has 0 rings (SSSR count). The summed E-state index contributed by atoms with van der Waals surface area (Å²) in [6.07, 6.45) is 0.157. The van der Waals surface area contributed by atoms with Gasteiger partial charge >= 0.3 is 5.97 Å². The number of aliphatic carboxylic acids is 1. The van der Waals surface area contributed by atoms with Gasteiger partial charge in [0.05, 0.1) is 0 Å². The maximum absolute atomic E-state index is 10.8. The minimum atomic E-state index is -1.19. The summed E-state index contributed by atoms with van der Waals surface area (Å²) in [5.41, 5.74) is 3.73. The van der Waals surface area contributed by atoms with E-state index in [4.69, 9.17) is 10.8 Å². The van der Waals surface area contributed by atoms with Gasteiger partial charge in [-0.3, -0.25) is 9.59 Å². The van der Waals surface area contributed by atoms with Gasteiger partial charge in [-0.25, -0.2) is 0 Å². The summed E-state index contributed by atoms with van der Waals surface area (Å²) in [6, 6.07) is 0. The minimum absolute atomic E-state index is 0.0243. The summed E-state index contributed by atoms with van der Waals surface area (Å²) >= 11 is 5.93. The van der Waals surface area contributed by atoms with E-state index in [1.165, 1.54) is 9.88 Å². The highest BCUT2D eigenvalue weighted by atomic mass is 79.9. The lowest BCUT2D eigenvalue weighted by molar-refractivity contribution is -0.145. The molecule has 0 saturated carbocycles. The molecule has 0 spiro atoms. The normalized spacial score (nSPS) is 15.4. The van der Waals surface area contributed by atoms with Gasteiger partial charge in [0.25, 0.3) is 0 Å². The van der Waals surface area contributed by atoms with Crippen molar-refractivity contribution in [2.45, 2.75) is 25.3 Å². The van der Waals surface area contributed by atoms with Crippen molar-refractivity contribution < 1.29 is 14.7 Å². The fraction of sp³-hybridized carbons (Fsp3) is 0.667. The zero-order valence-corrected chi connectivity index (χ0v) is 10.1. The predicted octanol–water partition coefficient (Wildman–Crippen LogP) is 1.02. The number of carbonyl (C=O) groups excluding carboxylic acids is 1. The molecule has 0 aromatic rings. The monoisotopic (exact) mass is 316 g/mol. The largest absolute Gasteiger partial charge is 0.480 e. The van der Waals surface area contributed by atoms with Crippen molar-refractivity contribution in [3.8, 4) is 0 Å². The molecule has 3 N–H and O–H groups in total. The number of primary amides is 1. The van der Waals surface area contributed by atoms with Gasteiger partial charge in [-0.05, 0) is 13.3 Å². The zero-order valence-electron chi connectivity index (χ0n) is 6.96. The van der Waals surface area contributed by atoms with E-state index in [0.29, 0.717) is 0 Å². The van der Waals surface area contributed by atoms with Crippen molar-refractivity contribution in [2.24, 2.45) is 5.73 Å². The number of halogens is 2. The molecule has 1 atom stereocenters. The molecule has 0 unspecified atom stereocenters. The van der Waals surface area contributed by atoms with Crippen LogP contribution < -0.4 is 5.73 Å². The fourth-order valence-corrected chi connectivity index (χ4v) is 1.29. The molecule has 0 heterocycles. The van der Waals surface area contributed by atoms with Crippen LogP contribution in [0.25, 0.3) is 0 Å². The minimum Gasteiger partial charge on any atom is -0.480 e. The number of hydrogen-bond acceptors (Lipinski definition) is 3. The van der Waals surface area contributed by atoms with Crippen molar-refractivity contribution in [3.05, 3.63) is 0 Å². The SMILES string of the molecule is C[C@](CCC(N)=O)(C(=O)O)N(Br)Br. The average molecular weight is 318 g/mol. The Morgan fingerprint density at radius 1 is 1.54 bits per heavy atom. The molecular formula is C6H10Br2N2O3. The molecule has 0 aromatic heterocycles. The van der Waals surface area contributed by atoms with E-state index in [1.807, 2.05) is 0 Å². The van der Waals surface area contributed by atoms with Crippen LogP contribution in [0.1, 0.15) is 19.8 Å². The van der Waals surface area contributed by atoms with Gasteiger partial charge in [-0.15, -0.1) is 0 Å². The van der Waals surface area contributed by atoms with Crippen LogP contribution in [-0.4, -0.2) is 25.5 Å². The van der Waals surface area contributed by atoms with Crippen LogP contribution >= 0.6 is 32.3 Å². The predicted molar refractivity (Wildman–Crippen MR) is 54.2 cm³/mol. The second-order valence-corrected chi connectivity index (χ2v) is 5.15. The van der Waals surface area contributed by atoms with Crippen LogP contribution in [0.4, 0.5) is 0 Å². The van der Waals surface area contributed by atoms with Crippen molar-refractivity contribution in [1.29, 1.82) is 0 Å². The third kappa shape index (κ3) is 3.61. The summed E-state index contributed by atoms with van der Waals surface area (Å²) in [7, 11) is 0. The lowest BCUT2D eigenvalue weighted by atomic mass is 9.97. The molecule has 0 radical (unpaired) electrons. The van der Waals surface area contributed by atoms with E-state index in [9.17, 15) is 9.59 Å². The fourth-order valence-electron chi connectivity index (χ4n) is 0.630. The number of nitrogens with two attached hydrogens (primary N) is 1. The van der Waals surface area contributed by atoms with Crippen molar-refractivity contribution >= 4 is 44.2 Å². The van der Waals surface area contributed by atoms with E-state index >= 15 is 0 Å². The van der Waals surface area contributed by atoms with E-state index < -0.39 is 17.4 Å². The van der Waals surface area contributed by atoms with E-state index in [-0.39, 0.29) is 12.8 Å². The molecule has 5 nitrogen and oxygen atoms in total. The number of amides is 1. The summed E-state index contributed by atoms with van der Waals surface area (Å²) < 4.78 is 1.19. The Hall–Kier alpha value is -0.140. The number of nitrogens with zero attached hydrogens (tertiary/aromatic N) is 1. The lowest BCUT2D eigenvalue weighted by Gasteiger charge is -2.27. The van der Waals surface area contributed by atoms with E-state index in [0.717, 1.165) is 0 Å². The molecular weight excluding hydrogens is 308 g/mol. The molecule has 0 aliphatic heterocycles. The van der Waals surface area contributed by atoms with Crippen LogP contribution in [0.15, 0.2) is 0 Å². The van der Waals surface area contributed by atoms with Crippen molar-refractivity contribution in [2.75, 3.05) is 0 Å². The van der Waals surface area contributed by atoms with Crippen LogP contribution in [0.5, 0.6) is 0 Å². The number of rotatable bonds is 5. The Kier molecular flexibility index (Phi) is 4.87. The summed E-state index contributed by atoms with van der Waals surface area (Å²) in [5, 5.41) is 8.86. The van der Waals surface area contributed by atoms with Gasteiger partial charge in [-0.2, -0.15) is 2.95 Å². The van der Waals surface area contributed by atoms with Gasteiger partial charge in [0, 0.05) is 38.7 Å². The molecule has 76 valence electrons. The molecule has 0 aliphatic carbocycles. The molecule has 0 fully saturated rings. The maximum Gasteiger partial charge on any atom is 0.325 e. The number of hydrogen-bond donors (Lipinski definition) is 2. The van der Waals surface area contributed by atoms with Crippen LogP contribution in [0.2, 0.25) is 0 Å². The quantitative estimate of drug-likeness (QED) is 0.741. The molecule has 0 aliphatic rings. The molecule has 0 bridgehead atoms. The molecule has 13 heavy (non-hydrogen) atoms. The number of carboxylic acids is 1. The highest BCUT2D eigenvalue weighted by Gasteiger charge is 2.38. The lowest BCUT2D eigenvalue weighted by Crippen LogP contribution is -2.43. The zero-order chi connectivity index (χ0) is 10.6. The molecule has 0 saturated heterocycles. The molecule has 7 heteroatoms. The van der Waals surface area contributed by atoms with E-state index in [2.05, 4.69) is 32.3 Å². The van der Waals surface area contributed by atoms with Crippen molar-refractivity contribution in [3.63, 3.8) is 0 Å². The summed E-state index contributed by atoms with van der Waals surface area (Å²) in [6.45, 7) is 1.47. The number of carboxylic acid groups (broad SMARTS) is 1. The third-order valence-corrected chi connectivity index (χ3v) is 3.26. The standard InChI is InChI=1S/C6H10Br2N2O3/c1-6(5(12)13,10(7)8)3-2-4(9)11/h2-3H2,1H3,(H2,9,11)(H,12,13)/t6-/m0/s1. The first-order chi connectivity index (χ1) is 5.80. The highest BCUT2D eigenvalue weighted by Crippen LogP contribution is 2.28. The highest BCUT2D eigenvalue weighted by molar-refractivity contribution is 9.21. The average Bonchev–Trinajstić information content (AvgIpc) is 1.99. The van der Waals surface area contributed by atoms with Crippen LogP contribution in [0.3, 0.4) is 0 Å². The van der Waals surface area contributed by atoms with Gasteiger partial charge in [0.2, 0.25) is 5.91 Å². The number of carbonyl (C=O) groups is 2. The second kappa shape index (κ2) is 4.92. The topological polar surface area (TPSA) is 83.6 Å². The smallest absolute Gasteiger partial charge is 0.325 e. The van der Waals surface area contributed by atoms with Gasteiger partial charge in [0.1, 0.15) is 5.54 Å². The van der Waals surface area contributed by atoms with Gasteiger partial charge in [-0.1, -0.05) is 0 Å². The van der Waals surface area contributed by atoms with Crippen LogP contribution in [-0.2, 0) is 9.59 Å². The first-order valence-electron chi connectivity index (χ1n) is 3.44. The molecule has 1 amide bonds. The Bertz CT molecular complexity index is 222. The Balaban J connectivity index is 4.43. The molecule has 0 aromatic carbocycles. The van der Waals surface area contributed by atoms with Crippen LogP contribution in [0, 0.1) is 0 Å². The van der Waals surface area contributed by atoms with Crippen molar-refractivity contribution in [1.82, 2.24) is 2.95 Å². The second-order valence-electron chi connectivity index (χ2n) is 2.78. The summed E-state index contributed by atoms with van der Waals surface area (Å²) in [4.78, 5) is 21.3. The first kappa shape index (κ1) is 12.9. The summed E-state index contributed by atoms with van der Waals surface area (Å²) in [5.74, 6) is -1.56.